The summed E-state index contributed by atoms with van der Waals surface area (Å²) in [5, 5.41) is 2.83. The Hall–Kier alpha value is -2.60. The van der Waals surface area contributed by atoms with Crippen molar-refractivity contribution >= 4 is 32.2 Å². The molecule has 6 heteroatoms. The molecule has 2 amide bonds. The molecule has 0 saturated carbocycles. The van der Waals surface area contributed by atoms with E-state index in [1.807, 2.05) is 30.3 Å². The molecule has 1 aliphatic rings. The Bertz CT molecular complexity index is 857. The van der Waals surface area contributed by atoms with Crippen LogP contribution < -0.4 is 10.1 Å². The monoisotopic (exact) mass is 442 g/mol. The van der Waals surface area contributed by atoms with Crippen molar-refractivity contribution in [3.05, 3.63) is 71.4 Å². The third-order valence-corrected chi connectivity index (χ3v) is 5.55. The van der Waals surface area contributed by atoms with Crippen LogP contribution in [0.5, 0.6) is 5.75 Å². The summed E-state index contributed by atoms with van der Waals surface area (Å²) in [6.45, 7) is 1.40. The molecule has 28 heavy (non-hydrogen) atoms. The Morgan fingerprint density at radius 1 is 0.929 bits per heavy atom. The number of hydrogen-bond acceptors (Lipinski definition) is 3. The van der Waals surface area contributed by atoms with Gasteiger partial charge in [0.15, 0.2) is 0 Å². The number of piperidine rings is 1. The van der Waals surface area contributed by atoms with Crippen LogP contribution in [0.4, 0.5) is 0 Å². The van der Waals surface area contributed by atoms with Gasteiger partial charge in [-0.3, -0.25) is 9.59 Å². The smallest absolute Gasteiger partial charge is 0.271 e. The van der Waals surface area contributed by atoms with E-state index in [0.717, 1.165) is 30.6 Å². The minimum atomic E-state index is -0.313. The number of rotatable bonds is 5. The van der Waals surface area contributed by atoms with Gasteiger partial charge in [-0.15, -0.1) is 0 Å². The van der Waals surface area contributed by atoms with E-state index in [2.05, 4.69) is 21.2 Å². The van der Waals surface area contributed by atoms with Crippen LogP contribution in [0.15, 0.2) is 60.3 Å². The van der Waals surface area contributed by atoms with Crippen LogP contribution in [-0.4, -0.2) is 36.9 Å². The molecule has 1 heterocycles. The van der Waals surface area contributed by atoms with E-state index in [0.29, 0.717) is 23.1 Å². The molecule has 0 spiro atoms. The van der Waals surface area contributed by atoms with Gasteiger partial charge in [0.25, 0.3) is 11.8 Å². The second kappa shape index (κ2) is 9.55. The van der Waals surface area contributed by atoms with Crippen LogP contribution >= 0.6 is 15.9 Å². The summed E-state index contributed by atoms with van der Waals surface area (Å²) in [6, 6.07) is 16.2. The highest BCUT2D eigenvalue weighted by molar-refractivity contribution is 9.15. The quantitative estimate of drug-likeness (QED) is 0.705. The molecule has 5 nitrogen and oxygen atoms in total. The van der Waals surface area contributed by atoms with Crippen LogP contribution in [0.25, 0.3) is 4.48 Å². The third kappa shape index (κ3) is 4.81. The lowest BCUT2D eigenvalue weighted by atomic mass is 10.1. The van der Waals surface area contributed by atoms with Gasteiger partial charge in [0.05, 0.1) is 11.6 Å². The summed E-state index contributed by atoms with van der Waals surface area (Å²) in [5.41, 5.74) is 1.54. The molecule has 1 N–H and O–H groups in total. The lowest BCUT2D eigenvalue weighted by molar-refractivity contribution is -0.128. The molecule has 1 fully saturated rings. The van der Waals surface area contributed by atoms with Crippen molar-refractivity contribution in [1.29, 1.82) is 0 Å². The number of hydrogen-bond donors (Lipinski definition) is 1. The Morgan fingerprint density at radius 2 is 1.57 bits per heavy atom. The summed E-state index contributed by atoms with van der Waals surface area (Å²) in [6.07, 6.45) is 3.08. The van der Waals surface area contributed by atoms with E-state index in [4.69, 9.17) is 4.74 Å². The number of halogens is 1. The zero-order valence-corrected chi connectivity index (χ0v) is 17.4. The molecule has 1 saturated heterocycles. The molecule has 1 aliphatic heterocycles. The molecular weight excluding hydrogens is 420 g/mol. The largest absolute Gasteiger partial charge is 0.497 e. The first-order valence-corrected chi connectivity index (χ1v) is 10.1. The molecule has 146 valence electrons. The molecule has 0 bridgehead atoms. The first kappa shape index (κ1) is 20.1. The van der Waals surface area contributed by atoms with Gasteiger partial charge in [-0.25, -0.2) is 0 Å². The Morgan fingerprint density at radius 3 is 2.18 bits per heavy atom. The highest BCUT2D eigenvalue weighted by Gasteiger charge is 2.25. The number of amides is 2. The third-order valence-electron chi connectivity index (χ3n) is 4.69. The molecule has 2 aromatic carbocycles. The molecular formula is C22H23BrN2O3. The normalized spacial score (nSPS) is 14.9. The van der Waals surface area contributed by atoms with Gasteiger partial charge >= 0.3 is 0 Å². The number of methoxy groups -OCH3 is 1. The number of carbonyl (C=O) groups is 2. The van der Waals surface area contributed by atoms with Crippen LogP contribution in [0.2, 0.25) is 0 Å². The van der Waals surface area contributed by atoms with Crippen molar-refractivity contribution in [3.63, 3.8) is 0 Å². The maximum atomic E-state index is 13.2. The minimum absolute atomic E-state index is 0.174. The maximum Gasteiger partial charge on any atom is 0.271 e. The van der Waals surface area contributed by atoms with Gasteiger partial charge in [-0.1, -0.05) is 30.3 Å². The number of benzene rings is 2. The van der Waals surface area contributed by atoms with Crippen molar-refractivity contribution in [2.75, 3.05) is 20.2 Å². The fraction of sp³-hybridized carbons (Fsp3) is 0.273. The summed E-state index contributed by atoms with van der Waals surface area (Å²) in [5.74, 6) is 0.236. The Kier molecular flexibility index (Phi) is 6.87. The van der Waals surface area contributed by atoms with E-state index in [9.17, 15) is 9.59 Å². The van der Waals surface area contributed by atoms with Crippen molar-refractivity contribution in [1.82, 2.24) is 10.2 Å². The van der Waals surface area contributed by atoms with Gasteiger partial charge in [-0.05, 0) is 65.0 Å². The van der Waals surface area contributed by atoms with Crippen molar-refractivity contribution in [2.24, 2.45) is 0 Å². The van der Waals surface area contributed by atoms with Gasteiger partial charge in [0, 0.05) is 18.7 Å². The van der Waals surface area contributed by atoms with Gasteiger partial charge in [0.1, 0.15) is 11.4 Å². The highest BCUT2D eigenvalue weighted by Crippen LogP contribution is 2.28. The standard InChI is InChI=1S/C22H23BrN2O3/c1-28-18-12-10-16(11-13-18)19(23)20(22(27)25-14-6-3-7-15-25)24-21(26)17-8-4-2-5-9-17/h2,4-5,8-13H,3,6-7,14-15H2,1H3,(H,24,26)/b20-19+. The Balaban J connectivity index is 1.94. The summed E-state index contributed by atoms with van der Waals surface area (Å²) < 4.78 is 5.75. The zero-order chi connectivity index (χ0) is 19.9. The van der Waals surface area contributed by atoms with Gasteiger partial charge < -0.3 is 15.0 Å². The molecule has 2 aromatic rings. The first-order chi connectivity index (χ1) is 13.6. The Labute approximate surface area is 173 Å². The van der Waals surface area contributed by atoms with Crippen molar-refractivity contribution in [3.8, 4) is 5.75 Å². The number of nitrogens with zero attached hydrogens (tertiary/aromatic N) is 1. The molecule has 0 unspecified atom stereocenters. The van der Waals surface area contributed by atoms with E-state index in [1.54, 1.807) is 36.3 Å². The lowest BCUT2D eigenvalue weighted by Crippen LogP contribution is -2.41. The average Bonchev–Trinajstić information content (AvgIpc) is 2.77. The second-order valence-corrected chi connectivity index (χ2v) is 7.38. The lowest BCUT2D eigenvalue weighted by Gasteiger charge is -2.28. The van der Waals surface area contributed by atoms with E-state index < -0.39 is 0 Å². The number of ether oxygens (including phenoxy) is 1. The van der Waals surface area contributed by atoms with Crippen LogP contribution in [0.3, 0.4) is 0 Å². The van der Waals surface area contributed by atoms with Gasteiger partial charge in [-0.2, -0.15) is 0 Å². The topological polar surface area (TPSA) is 58.6 Å². The molecule has 3 rings (SSSR count). The first-order valence-electron chi connectivity index (χ1n) is 9.30. The molecule has 0 atom stereocenters. The fourth-order valence-corrected chi connectivity index (χ4v) is 3.65. The van der Waals surface area contributed by atoms with Crippen molar-refractivity contribution in [2.45, 2.75) is 19.3 Å². The SMILES string of the molecule is COc1ccc(/C(Br)=C(\NC(=O)c2ccccc2)C(=O)N2CCCCC2)cc1. The summed E-state index contributed by atoms with van der Waals surface area (Å²) in [7, 11) is 1.60. The predicted octanol–water partition coefficient (Wildman–Crippen LogP) is 4.20. The fourth-order valence-electron chi connectivity index (χ4n) is 3.11. The molecule has 0 aromatic heterocycles. The molecule has 0 radical (unpaired) electrons. The predicted molar refractivity (Wildman–Crippen MR) is 113 cm³/mol. The van der Waals surface area contributed by atoms with Crippen LogP contribution in [0.1, 0.15) is 35.2 Å². The number of carbonyl (C=O) groups excluding carboxylic acids is 2. The van der Waals surface area contributed by atoms with Crippen molar-refractivity contribution < 1.29 is 14.3 Å². The minimum Gasteiger partial charge on any atom is -0.497 e. The number of nitrogens with one attached hydrogen (secondary N) is 1. The van der Waals surface area contributed by atoms with E-state index in [1.165, 1.54) is 0 Å². The van der Waals surface area contributed by atoms with Crippen LogP contribution in [0, 0.1) is 0 Å². The van der Waals surface area contributed by atoms with E-state index in [-0.39, 0.29) is 17.5 Å². The summed E-state index contributed by atoms with van der Waals surface area (Å²) >= 11 is 3.54. The zero-order valence-electron chi connectivity index (χ0n) is 15.8. The number of likely N-dealkylation sites (tertiary alicyclic amines) is 1. The maximum absolute atomic E-state index is 13.2. The summed E-state index contributed by atoms with van der Waals surface area (Å²) in [4.78, 5) is 27.7. The highest BCUT2D eigenvalue weighted by atomic mass is 79.9. The molecule has 0 aliphatic carbocycles. The van der Waals surface area contributed by atoms with E-state index >= 15 is 0 Å². The van der Waals surface area contributed by atoms with Crippen LogP contribution in [-0.2, 0) is 4.79 Å². The van der Waals surface area contributed by atoms with Gasteiger partial charge in [0.2, 0.25) is 0 Å². The average molecular weight is 443 g/mol. The second-order valence-electron chi connectivity index (χ2n) is 6.59.